The van der Waals surface area contributed by atoms with Crippen LogP contribution in [0.1, 0.15) is 5.56 Å². The summed E-state index contributed by atoms with van der Waals surface area (Å²) in [5, 5.41) is 11.8. The summed E-state index contributed by atoms with van der Waals surface area (Å²) >= 11 is 0. The van der Waals surface area contributed by atoms with E-state index in [0.29, 0.717) is 0 Å². The molecule has 1 aliphatic heterocycles. The first-order chi connectivity index (χ1) is 11.7. The fraction of sp³-hybridized carbons (Fsp3) is 0.158. The van der Waals surface area contributed by atoms with Gasteiger partial charge in [-0.3, -0.25) is 0 Å². The van der Waals surface area contributed by atoms with E-state index in [-0.39, 0.29) is 0 Å². The van der Waals surface area contributed by atoms with Crippen LogP contribution in [0.3, 0.4) is 0 Å². The molecule has 5 heteroatoms. The highest BCUT2D eigenvalue weighted by Gasteiger charge is 2.11. The molecule has 0 amide bonds. The van der Waals surface area contributed by atoms with Crippen LogP contribution >= 0.6 is 0 Å². The molecule has 0 spiro atoms. The average Bonchev–Trinajstić information content (AvgIpc) is 2.94. The second kappa shape index (κ2) is 7.46. The maximum atomic E-state index is 4.24. The molecule has 0 bridgehead atoms. The molecule has 5 nitrogen and oxygen atoms in total. The molecule has 0 unspecified atom stereocenters. The maximum absolute atomic E-state index is 4.24. The summed E-state index contributed by atoms with van der Waals surface area (Å²) < 4.78 is 0. The molecule has 1 heterocycles. The van der Waals surface area contributed by atoms with Crippen LogP contribution < -0.4 is 5.32 Å². The maximum Gasteiger partial charge on any atom is 0.132 e. The highest BCUT2D eigenvalue weighted by atomic mass is 15.3. The molecule has 0 aromatic heterocycles. The number of benzene rings is 2. The van der Waals surface area contributed by atoms with Crippen molar-refractivity contribution in [3.05, 3.63) is 84.6 Å². The number of azo groups is 1. The van der Waals surface area contributed by atoms with Gasteiger partial charge in [-0.1, -0.05) is 30.3 Å². The third kappa shape index (κ3) is 4.01. The lowest BCUT2D eigenvalue weighted by Gasteiger charge is -2.15. The Hall–Kier alpha value is -3.08. The SMILES string of the molecule is CN1C=CN(C)C1=C/N=N/c1ccc(NCc2ccccc2)cc1. The van der Waals surface area contributed by atoms with Crippen molar-refractivity contribution in [2.24, 2.45) is 10.2 Å². The quantitative estimate of drug-likeness (QED) is 0.823. The van der Waals surface area contributed by atoms with Gasteiger partial charge >= 0.3 is 0 Å². The second-order valence-corrected chi connectivity index (χ2v) is 5.61. The van der Waals surface area contributed by atoms with E-state index in [0.717, 1.165) is 23.7 Å². The Labute approximate surface area is 142 Å². The minimum absolute atomic E-state index is 0.805. The van der Waals surface area contributed by atoms with Crippen molar-refractivity contribution in [3.63, 3.8) is 0 Å². The molecule has 0 aliphatic carbocycles. The number of rotatable bonds is 5. The molecule has 0 saturated heterocycles. The molecular weight excluding hydrogens is 298 g/mol. The Morgan fingerprint density at radius 2 is 1.58 bits per heavy atom. The molecular formula is C19H21N5. The molecule has 0 radical (unpaired) electrons. The van der Waals surface area contributed by atoms with Gasteiger partial charge in [0.25, 0.3) is 0 Å². The predicted octanol–water partition coefficient (Wildman–Crippen LogP) is 4.53. The Balaban J connectivity index is 1.56. The molecule has 0 fully saturated rings. The lowest BCUT2D eigenvalue weighted by atomic mass is 10.2. The Bertz CT molecular complexity index is 733. The van der Waals surface area contributed by atoms with E-state index in [1.54, 1.807) is 6.20 Å². The normalized spacial score (nSPS) is 13.8. The van der Waals surface area contributed by atoms with Gasteiger partial charge in [0.15, 0.2) is 0 Å². The van der Waals surface area contributed by atoms with Crippen LogP contribution in [0.5, 0.6) is 0 Å². The Kier molecular flexibility index (Phi) is 4.91. The van der Waals surface area contributed by atoms with Gasteiger partial charge < -0.3 is 15.1 Å². The summed E-state index contributed by atoms with van der Waals surface area (Å²) in [5.74, 6) is 0.986. The van der Waals surface area contributed by atoms with Crippen LogP contribution in [0.2, 0.25) is 0 Å². The number of anilines is 1. The first kappa shape index (κ1) is 15.8. The molecule has 0 saturated carbocycles. The van der Waals surface area contributed by atoms with E-state index < -0.39 is 0 Å². The van der Waals surface area contributed by atoms with Crippen molar-refractivity contribution in [1.82, 2.24) is 9.80 Å². The standard InChI is InChI=1S/C19H21N5/c1-23-12-13-24(2)19(23)15-21-22-18-10-8-17(9-11-18)20-14-16-6-4-3-5-7-16/h3-13,15,20H,14H2,1-2H3/b22-21+. The lowest BCUT2D eigenvalue weighted by molar-refractivity contribution is 0.445. The summed E-state index contributed by atoms with van der Waals surface area (Å²) in [4.78, 5) is 3.99. The third-order valence-electron chi connectivity index (χ3n) is 3.79. The van der Waals surface area contributed by atoms with Crippen LogP contribution in [-0.2, 0) is 6.54 Å². The number of hydrogen-bond acceptors (Lipinski definition) is 5. The number of nitrogens with zero attached hydrogens (tertiary/aromatic N) is 4. The van der Waals surface area contributed by atoms with E-state index in [1.807, 2.05) is 78.8 Å². The topological polar surface area (TPSA) is 43.2 Å². The summed E-state index contributed by atoms with van der Waals surface area (Å²) in [5.41, 5.74) is 3.15. The zero-order valence-corrected chi connectivity index (χ0v) is 13.9. The molecule has 2 aromatic carbocycles. The van der Waals surface area contributed by atoms with E-state index in [4.69, 9.17) is 0 Å². The predicted molar refractivity (Wildman–Crippen MR) is 97.5 cm³/mol. The minimum atomic E-state index is 0.805. The molecule has 1 aliphatic rings. The Morgan fingerprint density at radius 3 is 2.25 bits per heavy atom. The van der Waals surface area contributed by atoms with Crippen LogP contribution in [0.15, 0.2) is 89.2 Å². The first-order valence-electron chi connectivity index (χ1n) is 7.85. The van der Waals surface area contributed by atoms with Gasteiger partial charge in [-0.05, 0) is 29.8 Å². The van der Waals surface area contributed by atoms with Gasteiger partial charge in [-0.2, -0.15) is 10.2 Å². The molecule has 3 rings (SSSR count). The summed E-state index contributed by atoms with van der Waals surface area (Å²) in [6.45, 7) is 0.805. The van der Waals surface area contributed by atoms with E-state index in [2.05, 4.69) is 27.7 Å². The smallest absolute Gasteiger partial charge is 0.132 e. The van der Waals surface area contributed by atoms with Gasteiger partial charge in [0.2, 0.25) is 0 Å². The van der Waals surface area contributed by atoms with Gasteiger partial charge in [0.1, 0.15) is 5.82 Å². The van der Waals surface area contributed by atoms with E-state index >= 15 is 0 Å². The van der Waals surface area contributed by atoms with Crippen LogP contribution in [0.4, 0.5) is 11.4 Å². The zero-order valence-electron chi connectivity index (χ0n) is 13.9. The lowest BCUT2D eigenvalue weighted by Crippen LogP contribution is -2.15. The summed E-state index contributed by atoms with van der Waals surface area (Å²) in [7, 11) is 3.96. The van der Waals surface area contributed by atoms with Gasteiger partial charge in [-0.25, -0.2) is 0 Å². The van der Waals surface area contributed by atoms with E-state index in [1.165, 1.54) is 5.56 Å². The molecule has 24 heavy (non-hydrogen) atoms. The monoisotopic (exact) mass is 319 g/mol. The number of nitrogens with one attached hydrogen (secondary N) is 1. The average molecular weight is 319 g/mol. The fourth-order valence-electron chi connectivity index (χ4n) is 2.38. The van der Waals surface area contributed by atoms with Crippen LogP contribution in [0, 0.1) is 0 Å². The molecule has 2 aromatic rings. The van der Waals surface area contributed by atoms with Crippen LogP contribution in [0.25, 0.3) is 0 Å². The second-order valence-electron chi connectivity index (χ2n) is 5.61. The highest BCUT2D eigenvalue weighted by Crippen LogP contribution is 2.19. The minimum Gasteiger partial charge on any atom is -0.381 e. The molecule has 122 valence electrons. The van der Waals surface area contributed by atoms with Crippen molar-refractivity contribution in [2.45, 2.75) is 6.54 Å². The van der Waals surface area contributed by atoms with Crippen molar-refractivity contribution in [3.8, 4) is 0 Å². The first-order valence-corrected chi connectivity index (χ1v) is 7.85. The van der Waals surface area contributed by atoms with Crippen molar-refractivity contribution >= 4 is 11.4 Å². The number of hydrogen-bond donors (Lipinski definition) is 1. The third-order valence-corrected chi connectivity index (χ3v) is 3.79. The Morgan fingerprint density at radius 1 is 0.917 bits per heavy atom. The summed E-state index contributed by atoms with van der Waals surface area (Å²) in [6, 6.07) is 18.3. The summed E-state index contributed by atoms with van der Waals surface area (Å²) in [6.07, 6.45) is 5.71. The zero-order chi connectivity index (χ0) is 16.8. The molecule has 0 atom stereocenters. The molecule has 1 N–H and O–H groups in total. The highest BCUT2D eigenvalue weighted by molar-refractivity contribution is 5.50. The van der Waals surface area contributed by atoms with Crippen LogP contribution in [-0.4, -0.2) is 23.9 Å². The van der Waals surface area contributed by atoms with Crippen molar-refractivity contribution in [2.75, 3.05) is 19.4 Å². The van der Waals surface area contributed by atoms with Gasteiger partial charge in [-0.15, -0.1) is 0 Å². The van der Waals surface area contributed by atoms with E-state index in [9.17, 15) is 0 Å². The largest absolute Gasteiger partial charge is 0.381 e. The van der Waals surface area contributed by atoms with Crippen molar-refractivity contribution < 1.29 is 0 Å². The van der Waals surface area contributed by atoms with Crippen molar-refractivity contribution in [1.29, 1.82) is 0 Å². The van der Waals surface area contributed by atoms with Gasteiger partial charge in [0, 0.05) is 38.7 Å². The fourth-order valence-corrected chi connectivity index (χ4v) is 2.38. The van der Waals surface area contributed by atoms with Gasteiger partial charge in [0.05, 0.1) is 11.9 Å².